The lowest BCUT2D eigenvalue weighted by Crippen LogP contribution is -2.57. The highest BCUT2D eigenvalue weighted by Gasteiger charge is 2.46. The van der Waals surface area contributed by atoms with Crippen molar-refractivity contribution in [3.8, 4) is 0 Å². The average molecular weight is 397 g/mol. The lowest BCUT2D eigenvalue weighted by molar-refractivity contribution is 0.0983. The van der Waals surface area contributed by atoms with Crippen LogP contribution in [-0.2, 0) is 12.8 Å². The van der Waals surface area contributed by atoms with Crippen LogP contribution in [0.25, 0.3) is 0 Å². The number of aryl methyl sites for hydroxylation is 1. The van der Waals surface area contributed by atoms with E-state index in [0.717, 1.165) is 45.6 Å². The van der Waals surface area contributed by atoms with Crippen LogP contribution in [0.3, 0.4) is 0 Å². The average Bonchev–Trinajstić information content (AvgIpc) is 3.53. The Hall–Kier alpha value is -1.59. The third-order valence-corrected chi connectivity index (χ3v) is 7.64. The Balaban J connectivity index is 1.10. The minimum absolute atomic E-state index is 0.0681. The van der Waals surface area contributed by atoms with Gasteiger partial charge in [-0.1, -0.05) is 30.7 Å². The molecule has 0 spiro atoms. The number of carbonyl (C=O) groups excluding carboxylic acids is 1. The summed E-state index contributed by atoms with van der Waals surface area (Å²) in [6.45, 7) is 7.23. The van der Waals surface area contributed by atoms with Crippen LogP contribution >= 0.6 is 0 Å². The lowest BCUT2D eigenvalue weighted by Gasteiger charge is -2.41. The first-order valence-electron chi connectivity index (χ1n) is 11.8. The number of benzene rings is 1. The van der Waals surface area contributed by atoms with E-state index in [1.165, 1.54) is 62.7 Å². The van der Waals surface area contributed by atoms with Crippen molar-refractivity contribution in [2.24, 2.45) is 0 Å². The Morgan fingerprint density at radius 1 is 0.966 bits per heavy atom. The predicted molar refractivity (Wildman–Crippen MR) is 116 cm³/mol. The molecule has 1 saturated carbocycles. The van der Waals surface area contributed by atoms with Crippen LogP contribution in [0.1, 0.15) is 49.7 Å². The van der Waals surface area contributed by atoms with Crippen LogP contribution < -0.4 is 5.32 Å². The van der Waals surface area contributed by atoms with Crippen LogP contribution in [0.4, 0.5) is 4.79 Å². The first-order valence-corrected chi connectivity index (χ1v) is 11.8. The molecule has 3 fully saturated rings. The maximum atomic E-state index is 12.9. The molecule has 2 aliphatic carbocycles. The maximum absolute atomic E-state index is 12.9. The monoisotopic (exact) mass is 396 g/mol. The van der Waals surface area contributed by atoms with Gasteiger partial charge in [0.2, 0.25) is 0 Å². The van der Waals surface area contributed by atoms with Gasteiger partial charge >= 0.3 is 6.03 Å². The number of nitrogens with zero attached hydrogens (tertiary/aromatic N) is 3. The number of amides is 2. The van der Waals surface area contributed by atoms with Gasteiger partial charge in [-0.15, -0.1) is 0 Å². The number of urea groups is 1. The van der Waals surface area contributed by atoms with E-state index in [9.17, 15) is 4.79 Å². The van der Waals surface area contributed by atoms with E-state index in [0.29, 0.717) is 6.04 Å². The van der Waals surface area contributed by atoms with Crippen molar-refractivity contribution in [3.63, 3.8) is 0 Å². The highest BCUT2D eigenvalue weighted by molar-refractivity contribution is 5.75. The number of carbonyl (C=O) groups is 1. The maximum Gasteiger partial charge on any atom is 0.317 e. The van der Waals surface area contributed by atoms with Crippen molar-refractivity contribution in [1.29, 1.82) is 0 Å². The molecule has 2 amide bonds. The summed E-state index contributed by atoms with van der Waals surface area (Å²) in [4.78, 5) is 20.2. The summed E-state index contributed by atoms with van der Waals surface area (Å²) in [6, 6.07) is 9.72. The van der Waals surface area contributed by atoms with Crippen molar-refractivity contribution in [2.75, 3.05) is 45.8 Å². The quantitative estimate of drug-likeness (QED) is 0.851. The van der Waals surface area contributed by atoms with E-state index in [-0.39, 0.29) is 11.6 Å². The summed E-state index contributed by atoms with van der Waals surface area (Å²) in [6.07, 6.45) is 9.92. The zero-order valence-electron chi connectivity index (χ0n) is 17.7. The van der Waals surface area contributed by atoms with Gasteiger partial charge in [-0.2, -0.15) is 0 Å². The highest BCUT2D eigenvalue weighted by Crippen LogP contribution is 2.37. The number of likely N-dealkylation sites (tertiary alicyclic amines) is 1. The van der Waals surface area contributed by atoms with E-state index in [1.54, 1.807) is 0 Å². The zero-order chi connectivity index (χ0) is 19.7. The molecule has 0 aromatic heterocycles. The van der Waals surface area contributed by atoms with E-state index in [2.05, 4.69) is 44.3 Å². The molecule has 5 nitrogen and oxygen atoms in total. The fourth-order valence-electron chi connectivity index (χ4n) is 5.61. The van der Waals surface area contributed by atoms with E-state index < -0.39 is 0 Å². The summed E-state index contributed by atoms with van der Waals surface area (Å²) >= 11 is 0. The standard InChI is InChI=1S/C24H36N4O/c29-23(25-24(10-11-24)19-26-12-4-1-5-13-26)28-16-14-27(15-17-28)22-9-8-20-6-2-3-7-21(20)18-22/h2-3,6-7,22H,1,4-5,8-19H2,(H,25,29)/t22-/m1/s1. The summed E-state index contributed by atoms with van der Waals surface area (Å²) in [7, 11) is 0. The number of rotatable bonds is 4. The van der Waals surface area contributed by atoms with Crippen molar-refractivity contribution >= 4 is 6.03 Å². The fraction of sp³-hybridized carbons (Fsp3) is 0.708. The van der Waals surface area contributed by atoms with Gasteiger partial charge in [-0.3, -0.25) is 4.90 Å². The summed E-state index contributed by atoms with van der Waals surface area (Å²) in [5.74, 6) is 0. The first-order chi connectivity index (χ1) is 14.2. The van der Waals surface area contributed by atoms with Crippen molar-refractivity contribution in [3.05, 3.63) is 35.4 Å². The van der Waals surface area contributed by atoms with Crippen molar-refractivity contribution in [1.82, 2.24) is 20.0 Å². The zero-order valence-corrected chi connectivity index (χ0v) is 17.7. The molecule has 5 rings (SSSR count). The van der Waals surface area contributed by atoms with Gasteiger partial charge in [0.25, 0.3) is 0 Å². The fourth-order valence-corrected chi connectivity index (χ4v) is 5.61. The number of nitrogens with one attached hydrogen (secondary N) is 1. The normalized spacial score (nSPS) is 27.3. The molecular formula is C24H36N4O. The van der Waals surface area contributed by atoms with E-state index in [4.69, 9.17) is 0 Å². The Morgan fingerprint density at radius 2 is 1.69 bits per heavy atom. The van der Waals surface area contributed by atoms with Gasteiger partial charge in [-0.05, 0) is 69.2 Å². The molecular weight excluding hydrogens is 360 g/mol. The van der Waals surface area contributed by atoms with Crippen LogP contribution in [0.15, 0.2) is 24.3 Å². The molecule has 29 heavy (non-hydrogen) atoms. The van der Waals surface area contributed by atoms with Crippen LogP contribution in [0.2, 0.25) is 0 Å². The Bertz CT molecular complexity index is 717. The van der Waals surface area contributed by atoms with Crippen LogP contribution in [-0.4, -0.2) is 78.1 Å². The van der Waals surface area contributed by atoms with Crippen molar-refractivity contribution in [2.45, 2.75) is 62.9 Å². The number of fused-ring (bicyclic) bond motifs is 1. The molecule has 0 unspecified atom stereocenters. The Kier molecular flexibility index (Phi) is 5.53. The van der Waals surface area contributed by atoms with Gasteiger partial charge < -0.3 is 15.1 Å². The molecule has 0 radical (unpaired) electrons. The second kappa shape index (κ2) is 8.27. The molecule has 4 aliphatic rings. The van der Waals surface area contributed by atoms with Gasteiger partial charge in [0.1, 0.15) is 0 Å². The van der Waals surface area contributed by atoms with E-state index in [1.807, 2.05) is 0 Å². The largest absolute Gasteiger partial charge is 0.331 e. The molecule has 5 heteroatoms. The molecule has 1 aromatic rings. The van der Waals surface area contributed by atoms with Gasteiger partial charge in [0.15, 0.2) is 0 Å². The first kappa shape index (κ1) is 19.4. The highest BCUT2D eigenvalue weighted by atomic mass is 16.2. The lowest BCUT2D eigenvalue weighted by atomic mass is 9.87. The van der Waals surface area contributed by atoms with Crippen LogP contribution in [0.5, 0.6) is 0 Å². The molecule has 1 atom stereocenters. The Morgan fingerprint density at radius 3 is 2.41 bits per heavy atom. The molecule has 1 N–H and O–H groups in total. The van der Waals surface area contributed by atoms with Gasteiger partial charge in [-0.25, -0.2) is 4.79 Å². The van der Waals surface area contributed by atoms with Gasteiger partial charge in [0, 0.05) is 38.8 Å². The molecule has 0 bridgehead atoms. The number of hydrogen-bond donors (Lipinski definition) is 1. The van der Waals surface area contributed by atoms with Crippen LogP contribution in [0, 0.1) is 0 Å². The third kappa shape index (κ3) is 4.46. The molecule has 2 aliphatic heterocycles. The SMILES string of the molecule is O=C(NC1(CN2CCCCC2)CC1)N1CCN([C@@H]2CCc3ccccc3C2)CC1. The Labute approximate surface area is 175 Å². The number of piperazine rings is 1. The van der Waals surface area contributed by atoms with E-state index >= 15 is 0 Å². The number of piperidine rings is 1. The number of hydrogen-bond acceptors (Lipinski definition) is 3. The smallest absolute Gasteiger partial charge is 0.317 e. The minimum atomic E-state index is 0.0681. The molecule has 158 valence electrons. The second-order valence-electron chi connectivity index (χ2n) is 9.74. The van der Waals surface area contributed by atoms with Crippen molar-refractivity contribution < 1.29 is 4.79 Å². The topological polar surface area (TPSA) is 38.8 Å². The second-order valence-corrected chi connectivity index (χ2v) is 9.74. The predicted octanol–water partition coefficient (Wildman–Crippen LogP) is 2.89. The summed E-state index contributed by atoms with van der Waals surface area (Å²) in [5, 5.41) is 3.42. The molecule has 2 saturated heterocycles. The summed E-state index contributed by atoms with van der Waals surface area (Å²) < 4.78 is 0. The molecule has 1 aromatic carbocycles. The molecule has 2 heterocycles. The minimum Gasteiger partial charge on any atom is -0.331 e. The van der Waals surface area contributed by atoms with Gasteiger partial charge in [0.05, 0.1) is 5.54 Å². The summed E-state index contributed by atoms with van der Waals surface area (Å²) in [5.41, 5.74) is 3.13. The third-order valence-electron chi connectivity index (χ3n) is 7.64.